The van der Waals surface area contributed by atoms with Gasteiger partial charge in [0.05, 0.1) is 11.6 Å². The van der Waals surface area contributed by atoms with E-state index < -0.39 is 0 Å². The molecule has 3 rings (SSSR count). The molecule has 0 saturated heterocycles. The molecule has 2 heteroatoms. The fourth-order valence-corrected chi connectivity index (χ4v) is 2.52. The van der Waals surface area contributed by atoms with Crippen molar-refractivity contribution in [2.75, 3.05) is 6.61 Å². The molecule has 24 heavy (non-hydrogen) atoms. The van der Waals surface area contributed by atoms with Gasteiger partial charge in [-0.05, 0) is 46.2 Å². The second kappa shape index (κ2) is 7.30. The Bertz CT molecular complexity index is 930. The Labute approximate surface area is 141 Å². The molecule has 2 nitrogen and oxygen atoms in total. The largest absolute Gasteiger partial charge is 0.490 e. The molecule has 0 fully saturated rings. The maximum atomic E-state index is 9.53. The van der Waals surface area contributed by atoms with Gasteiger partial charge in [0, 0.05) is 0 Å². The molecule has 0 amide bonds. The minimum Gasteiger partial charge on any atom is -0.490 e. The van der Waals surface area contributed by atoms with Crippen LogP contribution in [0.15, 0.2) is 79.4 Å². The average Bonchev–Trinajstić information content (AvgIpc) is 2.65. The fraction of sp³-hybridized carbons (Fsp3) is 0.0455. The predicted octanol–water partition coefficient (Wildman–Crippen LogP) is 5.47. The van der Waals surface area contributed by atoms with Crippen molar-refractivity contribution in [2.45, 2.75) is 0 Å². The second-order valence-electron chi connectivity index (χ2n) is 5.40. The Hall–Kier alpha value is -3.31. The van der Waals surface area contributed by atoms with Crippen molar-refractivity contribution >= 4 is 22.4 Å². The standard InChI is InChI=1S/C22H17NO/c1-2-13-24-22-11-7-17(8-12-22)14-21(16-23)20-10-9-18-5-3-4-6-19(18)15-20/h2-12,14-15H,1,13H2/b21-14-. The number of hydrogen-bond donors (Lipinski definition) is 0. The Kier molecular flexibility index (Phi) is 4.74. The molecule has 0 N–H and O–H groups in total. The van der Waals surface area contributed by atoms with Crippen molar-refractivity contribution in [1.82, 2.24) is 0 Å². The summed E-state index contributed by atoms with van der Waals surface area (Å²) in [7, 11) is 0. The van der Waals surface area contributed by atoms with Crippen LogP contribution in [0.25, 0.3) is 22.4 Å². The molecule has 0 radical (unpaired) electrons. The Morgan fingerprint density at radius 1 is 1.00 bits per heavy atom. The van der Waals surface area contributed by atoms with Gasteiger partial charge in [-0.15, -0.1) is 0 Å². The Morgan fingerprint density at radius 3 is 2.46 bits per heavy atom. The first kappa shape index (κ1) is 15.6. The minimum absolute atomic E-state index is 0.482. The van der Waals surface area contributed by atoms with Gasteiger partial charge in [0.25, 0.3) is 0 Å². The van der Waals surface area contributed by atoms with Crippen LogP contribution in [0.4, 0.5) is 0 Å². The highest BCUT2D eigenvalue weighted by molar-refractivity contribution is 5.94. The molecule has 0 unspecified atom stereocenters. The number of fused-ring (bicyclic) bond motifs is 1. The molecule has 0 aromatic heterocycles. The van der Waals surface area contributed by atoms with Crippen LogP contribution in [-0.4, -0.2) is 6.61 Å². The maximum absolute atomic E-state index is 9.53. The molecule has 116 valence electrons. The number of benzene rings is 3. The molecular weight excluding hydrogens is 294 g/mol. The minimum atomic E-state index is 0.482. The van der Waals surface area contributed by atoms with Gasteiger partial charge < -0.3 is 4.74 Å². The SMILES string of the molecule is C=CCOc1ccc(/C=C(/C#N)c2ccc3ccccc3c2)cc1. The number of allylic oxidation sites excluding steroid dienone is 1. The quantitative estimate of drug-likeness (QED) is 0.355. The third-order valence-electron chi connectivity index (χ3n) is 3.74. The molecule has 0 bridgehead atoms. The lowest BCUT2D eigenvalue weighted by Gasteiger charge is -2.05. The summed E-state index contributed by atoms with van der Waals surface area (Å²) in [5.74, 6) is 0.788. The number of nitrogens with zero attached hydrogens (tertiary/aromatic N) is 1. The van der Waals surface area contributed by atoms with Crippen LogP contribution in [0.5, 0.6) is 5.75 Å². The topological polar surface area (TPSA) is 33.0 Å². The van der Waals surface area contributed by atoms with Gasteiger partial charge in [-0.1, -0.05) is 61.2 Å². The van der Waals surface area contributed by atoms with E-state index in [1.807, 2.05) is 60.7 Å². The summed E-state index contributed by atoms with van der Waals surface area (Å²) in [4.78, 5) is 0. The van der Waals surface area contributed by atoms with Crippen molar-refractivity contribution < 1.29 is 4.74 Å². The maximum Gasteiger partial charge on any atom is 0.119 e. The van der Waals surface area contributed by atoms with Gasteiger partial charge in [-0.2, -0.15) is 5.26 Å². The zero-order valence-electron chi connectivity index (χ0n) is 13.3. The van der Waals surface area contributed by atoms with Gasteiger partial charge in [-0.3, -0.25) is 0 Å². The fourth-order valence-electron chi connectivity index (χ4n) is 2.52. The summed E-state index contributed by atoms with van der Waals surface area (Å²) in [5.41, 5.74) is 2.52. The molecule has 0 atom stereocenters. The monoisotopic (exact) mass is 311 g/mol. The van der Waals surface area contributed by atoms with Crippen molar-refractivity contribution in [2.24, 2.45) is 0 Å². The second-order valence-corrected chi connectivity index (χ2v) is 5.40. The summed E-state index contributed by atoms with van der Waals surface area (Å²) in [6, 6.07) is 24.2. The van der Waals surface area contributed by atoms with E-state index in [1.165, 1.54) is 5.39 Å². The van der Waals surface area contributed by atoms with E-state index in [-0.39, 0.29) is 0 Å². The summed E-state index contributed by atoms with van der Waals surface area (Å²) < 4.78 is 5.47. The highest BCUT2D eigenvalue weighted by Crippen LogP contribution is 2.23. The van der Waals surface area contributed by atoms with E-state index in [1.54, 1.807) is 6.08 Å². The third-order valence-corrected chi connectivity index (χ3v) is 3.74. The molecule has 0 saturated carbocycles. The van der Waals surface area contributed by atoms with Gasteiger partial charge in [-0.25, -0.2) is 0 Å². The van der Waals surface area contributed by atoms with Crippen LogP contribution in [0.2, 0.25) is 0 Å². The van der Waals surface area contributed by atoms with Crippen molar-refractivity contribution in [3.63, 3.8) is 0 Å². The zero-order chi connectivity index (χ0) is 16.8. The summed E-state index contributed by atoms with van der Waals surface area (Å²) in [6.07, 6.45) is 3.60. The van der Waals surface area contributed by atoms with Crippen LogP contribution in [0.3, 0.4) is 0 Å². The lowest BCUT2D eigenvalue weighted by atomic mass is 10.0. The van der Waals surface area contributed by atoms with Crippen LogP contribution in [0, 0.1) is 11.3 Å². The van der Waals surface area contributed by atoms with Crippen LogP contribution >= 0.6 is 0 Å². The lowest BCUT2D eigenvalue weighted by molar-refractivity contribution is 0.363. The highest BCUT2D eigenvalue weighted by Gasteiger charge is 2.03. The lowest BCUT2D eigenvalue weighted by Crippen LogP contribution is -1.92. The molecule has 0 spiro atoms. The normalized spacial score (nSPS) is 11.0. The van der Waals surface area contributed by atoms with Gasteiger partial charge in [0.15, 0.2) is 0 Å². The van der Waals surface area contributed by atoms with Crippen molar-refractivity contribution in [3.8, 4) is 11.8 Å². The number of rotatable bonds is 5. The highest BCUT2D eigenvalue weighted by atomic mass is 16.5. The Morgan fingerprint density at radius 2 is 1.75 bits per heavy atom. The first-order valence-corrected chi connectivity index (χ1v) is 7.75. The summed E-state index contributed by atoms with van der Waals surface area (Å²) in [6.45, 7) is 4.11. The van der Waals surface area contributed by atoms with Crippen molar-refractivity contribution in [3.05, 3.63) is 90.5 Å². The predicted molar refractivity (Wildman–Crippen MR) is 99.6 cm³/mol. The van der Waals surface area contributed by atoms with E-state index >= 15 is 0 Å². The van der Waals surface area contributed by atoms with Crippen molar-refractivity contribution in [1.29, 1.82) is 5.26 Å². The third kappa shape index (κ3) is 3.53. The zero-order valence-corrected chi connectivity index (χ0v) is 13.3. The summed E-state index contributed by atoms with van der Waals surface area (Å²) >= 11 is 0. The van der Waals surface area contributed by atoms with Crippen LogP contribution in [-0.2, 0) is 0 Å². The smallest absolute Gasteiger partial charge is 0.119 e. The molecule has 3 aromatic rings. The number of hydrogen-bond acceptors (Lipinski definition) is 2. The summed E-state index contributed by atoms with van der Waals surface area (Å²) in [5, 5.41) is 11.8. The first-order valence-electron chi connectivity index (χ1n) is 7.75. The van der Waals surface area contributed by atoms with Gasteiger partial charge in [0.2, 0.25) is 0 Å². The molecule has 0 heterocycles. The van der Waals surface area contributed by atoms with E-state index in [9.17, 15) is 5.26 Å². The van der Waals surface area contributed by atoms with Gasteiger partial charge >= 0.3 is 0 Å². The molecule has 0 aliphatic carbocycles. The van der Waals surface area contributed by atoms with Gasteiger partial charge in [0.1, 0.15) is 12.4 Å². The molecule has 0 aliphatic rings. The van der Waals surface area contributed by atoms with Crippen LogP contribution in [0.1, 0.15) is 11.1 Å². The van der Waals surface area contributed by atoms with E-state index in [2.05, 4.69) is 24.8 Å². The molecule has 0 aliphatic heterocycles. The molecule has 3 aromatic carbocycles. The van der Waals surface area contributed by atoms with E-state index in [0.717, 1.165) is 22.3 Å². The van der Waals surface area contributed by atoms with E-state index in [0.29, 0.717) is 12.2 Å². The molecular formula is C22H17NO. The average molecular weight is 311 g/mol. The number of nitriles is 1. The first-order chi connectivity index (χ1) is 11.8. The van der Waals surface area contributed by atoms with Crippen LogP contribution < -0.4 is 4.74 Å². The van der Waals surface area contributed by atoms with E-state index in [4.69, 9.17) is 4.74 Å². The Balaban J connectivity index is 1.90. The number of ether oxygens (including phenoxy) is 1.